The highest BCUT2D eigenvalue weighted by Crippen LogP contribution is 2.38. The van der Waals surface area contributed by atoms with Gasteiger partial charge in [-0.15, -0.1) is 0 Å². The standard InChI is InChI=1S/C17H24N2O2/c1-13(20)19-11-14-5-3-4-6-16(14)21-17(12-19)9-7-15(18-2)8-10-17/h3-6,15,18H,7-12H2,1-2H3. The van der Waals surface area contributed by atoms with Crippen molar-refractivity contribution >= 4 is 5.91 Å². The van der Waals surface area contributed by atoms with E-state index in [1.165, 1.54) is 0 Å². The van der Waals surface area contributed by atoms with Gasteiger partial charge >= 0.3 is 0 Å². The summed E-state index contributed by atoms with van der Waals surface area (Å²) in [6.45, 7) is 3.01. The second-order valence-electron chi connectivity index (χ2n) is 6.33. The zero-order valence-corrected chi connectivity index (χ0v) is 12.9. The molecule has 1 aliphatic carbocycles. The van der Waals surface area contributed by atoms with E-state index in [-0.39, 0.29) is 11.5 Å². The van der Waals surface area contributed by atoms with E-state index in [1.807, 2.05) is 30.1 Å². The first-order valence-corrected chi connectivity index (χ1v) is 7.82. The number of rotatable bonds is 1. The lowest BCUT2D eigenvalue weighted by atomic mass is 9.81. The van der Waals surface area contributed by atoms with Crippen LogP contribution >= 0.6 is 0 Å². The highest BCUT2D eigenvalue weighted by molar-refractivity contribution is 5.73. The van der Waals surface area contributed by atoms with Crippen molar-refractivity contribution in [2.24, 2.45) is 0 Å². The minimum atomic E-state index is -0.217. The topological polar surface area (TPSA) is 41.6 Å². The fourth-order valence-electron chi connectivity index (χ4n) is 3.52. The van der Waals surface area contributed by atoms with Gasteiger partial charge in [-0.05, 0) is 38.8 Å². The largest absolute Gasteiger partial charge is 0.485 e. The van der Waals surface area contributed by atoms with Gasteiger partial charge in [0.15, 0.2) is 0 Å². The average Bonchev–Trinajstić information content (AvgIpc) is 2.65. The zero-order valence-electron chi connectivity index (χ0n) is 12.9. The van der Waals surface area contributed by atoms with Crippen molar-refractivity contribution in [3.8, 4) is 5.75 Å². The molecule has 1 saturated carbocycles. The second kappa shape index (κ2) is 5.68. The first kappa shape index (κ1) is 14.4. The molecule has 4 heteroatoms. The molecule has 114 valence electrons. The van der Waals surface area contributed by atoms with Crippen LogP contribution in [0.3, 0.4) is 0 Å². The number of fused-ring (bicyclic) bond motifs is 1. The second-order valence-corrected chi connectivity index (χ2v) is 6.33. The summed E-state index contributed by atoms with van der Waals surface area (Å²) in [6, 6.07) is 8.68. The molecule has 1 aliphatic heterocycles. The van der Waals surface area contributed by atoms with Crippen LogP contribution < -0.4 is 10.1 Å². The third kappa shape index (κ3) is 2.91. The molecular formula is C17H24N2O2. The predicted molar refractivity (Wildman–Crippen MR) is 82.2 cm³/mol. The molecule has 1 spiro atoms. The molecule has 1 heterocycles. The van der Waals surface area contributed by atoms with Crippen molar-refractivity contribution in [2.75, 3.05) is 13.6 Å². The SMILES string of the molecule is CNC1CCC2(CC1)CN(C(C)=O)Cc1ccccc1O2. The lowest BCUT2D eigenvalue weighted by Crippen LogP contribution is -2.51. The summed E-state index contributed by atoms with van der Waals surface area (Å²) in [4.78, 5) is 13.9. The van der Waals surface area contributed by atoms with Gasteiger partial charge in [-0.25, -0.2) is 0 Å². The first-order valence-electron chi connectivity index (χ1n) is 7.82. The van der Waals surface area contributed by atoms with Gasteiger partial charge < -0.3 is 15.0 Å². The maximum Gasteiger partial charge on any atom is 0.219 e. The van der Waals surface area contributed by atoms with Crippen LogP contribution in [0, 0.1) is 0 Å². The van der Waals surface area contributed by atoms with Crippen molar-refractivity contribution in [1.29, 1.82) is 0 Å². The van der Waals surface area contributed by atoms with E-state index >= 15 is 0 Å². The van der Waals surface area contributed by atoms with Crippen LogP contribution in [0.15, 0.2) is 24.3 Å². The smallest absolute Gasteiger partial charge is 0.219 e. The van der Waals surface area contributed by atoms with Gasteiger partial charge in [0.25, 0.3) is 0 Å². The molecule has 0 unspecified atom stereocenters. The van der Waals surface area contributed by atoms with Crippen molar-refractivity contribution in [3.05, 3.63) is 29.8 Å². The van der Waals surface area contributed by atoms with Gasteiger partial charge in [0.2, 0.25) is 5.91 Å². The molecular weight excluding hydrogens is 264 g/mol. The van der Waals surface area contributed by atoms with Gasteiger partial charge in [0, 0.05) is 25.1 Å². The summed E-state index contributed by atoms with van der Waals surface area (Å²) < 4.78 is 6.44. The molecule has 1 amide bonds. The maximum absolute atomic E-state index is 12.0. The van der Waals surface area contributed by atoms with Crippen LogP contribution in [-0.2, 0) is 11.3 Å². The number of benzene rings is 1. The number of nitrogens with one attached hydrogen (secondary N) is 1. The summed E-state index contributed by atoms with van der Waals surface area (Å²) in [5.41, 5.74) is 0.895. The Morgan fingerprint density at radius 1 is 1.33 bits per heavy atom. The summed E-state index contributed by atoms with van der Waals surface area (Å²) in [7, 11) is 2.02. The van der Waals surface area contributed by atoms with Gasteiger partial charge in [-0.3, -0.25) is 4.79 Å². The Morgan fingerprint density at radius 3 is 2.71 bits per heavy atom. The van der Waals surface area contributed by atoms with E-state index in [0.29, 0.717) is 19.1 Å². The fraction of sp³-hybridized carbons (Fsp3) is 0.588. The molecule has 1 N–H and O–H groups in total. The van der Waals surface area contributed by atoms with Crippen LogP contribution in [0.1, 0.15) is 38.2 Å². The summed E-state index contributed by atoms with van der Waals surface area (Å²) >= 11 is 0. The van der Waals surface area contributed by atoms with Crippen LogP contribution in [0.25, 0.3) is 0 Å². The molecule has 1 aromatic carbocycles. The molecule has 0 saturated heterocycles. The third-order valence-corrected chi connectivity index (χ3v) is 4.89. The monoisotopic (exact) mass is 288 g/mol. The fourth-order valence-corrected chi connectivity index (χ4v) is 3.52. The Morgan fingerprint density at radius 2 is 2.05 bits per heavy atom. The molecule has 0 atom stereocenters. The lowest BCUT2D eigenvalue weighted by Gasteiger charge is -2.41. The number of para-hydroxylation sites is 1. The van der Waals surface area contributed by atoms with Gasteiger partial charge in [-0.1, -0.05) is 18.2 Å². The Balaban J connectivity index is 1.89. The van der Waals surface area contributed by atoms with Crippen LogP contribution in [-0.4, -0.2) is 36.0 Å². The van der Waals surface area contributed by atoms with E-state index in [2.05, 4.69) is 11.4 Å². The number of hydrogen-bond acceptors (Lipinski definition) is 3. The molecule has 0 bridgehead atoms. The van der Waals surface area contributed by atoms with Crippen molar-refractivity contribution in [3.63, 3.8) is 0 Å². The molecule has 1 aromatic rings. The van der Waals surface area contributed by atoms with Crippen molar-refractivity contribution in [1.82, 2.24) is 10.2 Å². The highest BCUT2D eigenvalue weighted by atomic mass is 16.5. The minimum Gasteiger partial charge on any atom is -0.485 e. The van der Waals surface area contributed by atoms with Gasteiger partial charge in [0.05, 0.1) is 6.54 Å². The number of carbonyl (C=O) groups is 1. The van der Waals surface area contributed by atoms with Gasteiger partial charge in [-0.2, -0.15) is 0 Å². The number of carbonyl (C=O) groups excluding carboxylic acids is 1. The maximum atomic E-state index is 12.0. The first-order chi connectivity index (χ1) is 10.1. The van der Waals surface area contributed by atoms with E-state index < -0.39 is 0 Å². The zero-order chi connectivity index (χ0) is 14.9. The minimum absolute atomic E-state index is 0.130. The summed E-state index contributed by atoms with van der Waals surface area (Å²) in [5, 5.41) is 3.36. The third-order valence-electron chi connectivity index (χ3n) is 4.89. The summed E-state index contributed by atoms with van der Waals surface area (Å²) in [5.74, 6) is 1.08. The molecule has 21 heavy (non-hydrogen) atoms. The number of hydrogen-bond donors (Lipinski definition) is 1. The molecule has 3 rings (SSSR count). The molecule has 2 aliphatic rings. The van der Waals surface area contributed by atoms with Crippen LogP contribution in [0.5, 0.6) is 5.75 Å². The van der Waals surface area contributed by atoms with Gasteiger partial charge in [0.1, 0.15) is 11.4 Å². The number of amides is 1. The number of ether oxygens (including phenoxy) is 1. The molecule has 0 aromatic heterocycles. The van der Waals surface area contributed by atoms with Crippen molar-refractivity contribution in [2.45, 2.75) is 50.8 Å². The van der Waals surface area contributed by atoms with Crippen LogP contribution in [0.4, 0.5) is 0 Å². The lowest BCUT2D eigenvalue weighted by molar-refractivity contribution is -0.132. The quantitative estimate of drug-likeness (QED) is 0.862. The Labute approximate surface area is 126 Å². The summed E-state index contributed by atoms with van der Waals surface area (Å²) in [6.07, 6.45) is 4.20. The Kier molecular flexibility index (Phi) is 3.89. The predicted octanol–water partition coefficient (Wildman–Crippen LogP) is 2.33. The van der Waals surface area contributed by atoms with E-state index in [0.717, 1.165) is 37.0 Å². The molecule has 1 fully saturated rings. The Bertz CT molecular complexity index is 521. The average molecular weight is 288 g/mol. The van der Waals surface area contributed by atoms with E-state index in [9.17, 15) is 4.79 Å². The molecule has 0 radical (unpaired) electrons. The number of nitrogens with zero attached hydrogens (tertiary/aromatic N) is 1. The Hall–Kier alpha value is -1.55. The van der Waals surface area contributed by atoms with E-state index in [1.54, 1.807) is 6.92 Å². The van der Waals surface area contributed by atoms with Crippen molar-refractivity contribution < 1.29 is 9.53 Å². The normalized spacial score (nSPS) is 28.7. The van der Waals surface area contributed by atoms with E-state index in [4.69, 9.17) is 4.74 Å². The van der Waals surface area contributed by atoms with Crippen LogP contribution in [0.2, 0.25) is 0 Å². The molecule has 4 nitrogen and oxygen atoms in total. The highest BCUT2D eigenvalue weighted by Gasteiger charge is 2.41.